The van der Waals surface area contributed by atoms with E-state index in [1.165, 1.54) is 6.20 Å². The van der Waals surface area contributed by atoms with Gasteiger partial charge in [-0.05, 0) is 69.0 Å². The molecule has 5 amide bonds. The second-order valence-electron chi connectivity index (χ2n) is 15.2. The molecule has 0 saturated carbocycles. The van der Waals surface area contributed by atoms with Gasteiger partial charge in [0.25, 0.3) is 11.8 Å². The molecule has 2 saturated heterocycles. The van der Waals surface area contributed by atoms with E-state index in [2.05, 4.69) is 36.1 Å². The molecule has 0 aliphatic carbocycles. The Morgan fingerprint density at radius 1 is 0.917 bits per heavy atom. The number of carbonyl (C=O) groups excluding carboxylic acids is 5. The van der Waals surface area contributed by atoms with Gasteiger partial charge < -0.3 is 35.1 Å². The van der Waals surface area contributed by atoms with Crippen LogP contribution in [0.3, 0.4) is 0 Å². The van der Waals surface area contributed by atoms with Crippen molar-refractivity contribution in [1.29, 1.82) is 0 Å². The number of hydrogen-bond donors (Lipinski definition) is 4. The fourth-order valence-corrected chi connectivity index (χ4v) is 8.92. The Morgan fingerprint density at radius 3 is 2.43 bits per heavy atom. The predicted molar refractivity (Wildman–Crippen MR) is 231 cm³/mol. The minimum atomic E-state index is -2.57. The molecule has 4 heterocycles. The number of nitrogens with zero attached hydrogens (tertiary/aromatic N) is 5. The number of unbranched alkanes of at least 4 members (excludes halogenated alkanes) is 2. The van der Waals surface area contributed by atoms with Gasteiger partial charge in [0.05, 0.1) is 35.8 Å². The number of amides is 5. The average Bonchev–Trinajstić information content (AvgIpc) is 3.49. The number of aromatic nitrogens is 2. The van der Waals surface area contributed by atoms with E-state index < -0.39 is 36.8 Å². The van der Waals surface area contributed by atoms with Crippen LogP contribution in [0.1, 0.15) is 59.2 Å². The van der Waals surface area contributed by atoms with Gasteiger partial charge in [-0.15, -0.1) is 0 Å². The van der Waals surface area contributed by atoms with E-state index in [0.717, 1.165) is 23.4 Å². The molecule has 60 heavy (non-hydrogen) atoms. The number of imide groups is 2. The summed E-state index contributed by atoms with van der Waals surface area (Å²) in [4.78, 5) is 77.6. The van der Waals surface area contributed by atoms with Crippen molar-refractivity contribution >= 4 is 88.1 Å². The van der Waals surface area contributed by atoms with Crippen LogP contribution in [0.25, 0.3) is 0 Å². The Morgan fingerprint density at radius 2 is 1.68 bits per heavy atom. The maximum atomic E-state index is 13.3. The summed E-state index contributed by atoms with van der Waals surface area (Å²) in [6.07, 6.45) is 4.32. The van der Waals surface area contributed by atoms with Gasteiger partial charge in [0.15, 0.2) is 5.82 Å². The Kier molecular flexibility index (Phi) is 12.7. The number of rotatable bonds is 15. The van der Waals surface area contributed by atoms with Crippen LogP contribution in [0.5, 0.6) is 5.75 Å². The molecule has 3 aromatic carbocycles. The lowest BCUT2D eigenvalue weighted by atomic mass is 10.0. The molecule has 1 aromatic heterocycles. The molecule has 3 aliphatic heterocycles. The van der Waals surface area contributed by atoms with Crippen molar-refractivity contribution < 1.29 is 33.3 Å². The Labute approximate surface area is 352 Å². The van der Waals surface area contributed by atoms with E-state index in [1.54, 1.807) is 38.6 Å². The summed E-state index contributed by atoms with van der Waals surface area (Å²) in [5, 5.41) is 12.9. The quantitative estimate of drug-likeness (QED) is 0.0657. The molecule has 314 valence electrons. The molecule has 1 unspecified atom stereocenters. The van der Waals surface area contributed by atoms with Gasteiger partial charge in [0, 0.05) is 68.3 Å². The molecule has 3 aliphatic rings. The molecule has 0 radical (unpaired) electrons. The van der Waals surface area contributed by atoms with Crippen molar-refractivity contribution in [2.75, 3.05) is 74.0 Å². The number of piperidine rings is 1. The van der Waals surface area contributed by atoms with Crippen LogP contribution in [0.4, 0.5) is 34.5 Å². The Balaban J connectivity index is 0.860. The summed E-state index contributed by atoms with van der Waals surface area (Å²) in [6, 6.07) is 17.1. The first kappa shape index (κ1) is 42.1. The third-order valence-electron chi connectivity index (χ3n) is 10.8. The molecule has 0 spiro atoms. The van der Waals surface area contributed by atoms with Gasteiger partial charge in [0.1, 0.15) is 24.0 Å². The number of halogens is 1. The number of fused-ring (bicyclic) bond motifs is 1. The van der Waals surface area contributed by atoms with Crippen molar-refractivity contribution in [3.05, 3.63) is 83.0 Å². The maximum absolute atomic E-state index is 13.3. The summed E-state index contributed by atoms with van der Waals surface area (Å²) >= 11 is 6.45. The summed E-state index contributed by atoms with van der Waals surface area (Å²) in [7, 11) is -0.982. The molecule has 2 fully saturated rings. The minimum Gasteiger partial charge on any atom is -0.494 e. The number of nitrogens with one attached hydrogen (secondary N) is 4. The molecular weight excluding hydrogens is 809 g/mol. The lowest BCUT2D eigenvalue weighted by molar-refractivity contribution is -0.136. The Bertz CT molecular complexity index is 2380. The van der Waals surface area contributed by atoms with E-state index in [0.29, 0.717) is 90.5 Å². The largest absolute Gasteiger partial charge is 0.494 e. The molecule has 7 rings (SSSR count). The first-order valence-electron chi connectivity index (χ1n) is 19.8. The number of hydrogen-bond acceptors (Lipinski definition) is 13. The Hall–Kier alpha value is -5.99. The van der Waals surface area contributed by atoms with Crippen LogP contribution in [0.15, 0.2) is 66.9 Å². The van der Waals surface area contributed by atoms with E-state index in [9.17, 15) is 28.5 Å². The number of methoxy groups -OCH3 is 1. The number of ether oxygens (including phenoxy) is 1. The summed E-state index contributed by atoms with van der Waals surface area (Å²) in [6.45, 7) is 6.46. The van der Waals surface area contributed by atoms with E-state index in [-0.39, 0.29) is 29.9 Å². The topological polar surface area (TPSA) is 195 Å². The zero-order valence-corrected chi connectivity index (χ0v) is 35.3. The number of benzene rings is 3. The van der Waals surface area contributed by atoms with Crippen LogP contribution in [0.2, 0.25) is 5.02 Å². The lowest BCUT2D eigenvalue weighted by Crippen LogP contribution is -2.54. The lowest BCUT2D eigenvalue weighted by Gasteiger charge is -2.36. The third-order valence-corrected chi connectivity index (χ3v) is 12.6. The highest BCUT2D eigenvalue weighted by Crippen LogP contribution is 2.39. The molecular formula is C42H47ClN9O7P. The average molecular weight is 856 g/mol. The zero-order valence-electron chi connectivity index (χ0n) is 33.6. The normalized spacial score (nSPS) is 16.7. The molecule has 4 N–H and O–H groups in total. The monoisotopic (exact) mass is 855 g/mol. The highest BCUT2D eigenvalue weighted by atomic mass is 35.5. The fraction of sp³-hybridized carbons (Fsp3) is 0.357. The van der Waals surface area contributed by atoms with Crippen LogP contribution in [-0.4, -0.2) is 109 Å². The SMILES string of the molecule is COc1cc(N2CCN(C(=O)CCCCCNc3cccc4c3C(=O)N(C3CCC(=O)NC3=O)C4=O)CC2)ccc1Nc1ncc(Cl)c(Nc2ccccc2P(C)(C)=O)n1. The van der Waals surface area contributed by atoms with Crippen LogP contribution in [-0.2, 0) is 18.9 Å². The van der Waals surface area contributed by atoms with Crippen molar-refractivity contribution in [2.45, 2.75) is 44.6 Å². The second-order valence-corrected chi connectivity index (χ2v) is 18.8. The van der Waals surface area contributed by atoms with Gasteiger partial charge >= 0.3 is 0 Å². The second kappa shape index (κ2) is 18.1. The van der Waals surface area contributed by atoms with Crippen molar-refractivity contribution in [1.82, 2.24) is 25.1 Å². The molecule has 16 nitrogen and oxygen atoms in total. The first-order chi connectivity index (χ1) is 28.8. The van der Waals surface area contributed by atoms with Gasteiger partial charge in [-0.3, -0.25) is 34.2 Å². The minimum absolute atomic E-state index is 0.0595. The highest BCUT2D eigenvalue weighted by molar-refractivity contribution is 7.70. The van der Waals surface area contributed by atoms with E-state index in [1.807, 2.05) is 47.4 Å². The maximum Gasteiger partial charge on any atom is 0.264 e. The first-order valence-corrected chi connectivity index (χ1v) is 22.8. The van der Waals surface area contributed by atoms with Crippen LogP contribution in [0, 0.1) is 0 Å². The molecule has 18 heteroatoms. The number of anilines is 6. The van der Waals surface area contributed by atoms with E-state index >= 15 is 0 Å². The van der Waals surface area contributed by atoms with Gasteiger partial charge in [0.2, 0.25) is 23.7 Å². The number of carbonyl (C=O) groups is 5. The van der Waals surface area contributed by atoms with Gasteiger partial charge in [-0.1, -0.05) is 36.2 Å². The van der Waals surface area contributed by atoms with Gasteiger partial charge in [-0.2, -0.15) is 4.98 Å². The third kappa shape index (κ3) is 9.24. The summed E-state index contributed by atoms with van der Waals surface area (Å²) < 4.78 is 18.6. The van der Waals surface area contributed by atoms with Crippen LogP contribution >= 0.6 is 18.7 Å². The van der Waals surface area contributed by atoms with Crippen molar-refractivity contribution in [3.63, 3.8) is 0 Å². The predicted octanol–water partition coefficient (Wildman–Crippen LogP) is 5.60. The number of para-hydroxylation sites is 1. The zero-order chi connectivity index (χ0) is 42.6. The van der Waals surface area contributed by atoms with Crippen LogP contribution < -0.4 is 36.2 Å². The smallest absolute Gasteiger partial charge is 0.264 e. The van der Waals surface area contributed by atoms with Crippen molar-refractivity contribution in [2.24, 2.45) is 0 Å². The van der Waals surface area contributed by atoms with Gasteiger partial charge in [-0.25, -0.2) is 4.98 Å². The van der Waals surface area contributed by atoms with Crippen molar-refractivity contribution in [3.8, 4) is 5.75 Å². The summed E-state index contributed by atoms with van der Waals surface area (Å²) in [5.41, 5.74) is 3.23. The molecule has 0 bridgehead atoms. The molecule has 1 atom stereocenters. The fourth-order valence-electron chi connectivity index (χ4n) is 7.63. The van der Waals surface area contributed by atoms with E-state index in [4.69, 9.17) is 16.3 Å². The summed E-state index contributed by atoms with van der Waals surface area (Å²) in [5.74, 6) is -0.810. The standard InChI is InChI=1S/C42H47ClN9O7P/c1-59-33-24-26(15-16-29(33)47-42-45-25-28(43)38(49-42)46-30-11-6-7-13-34(30)60(2,3)58)50-20-22-51(23-21-50)36(54)14-5-4-8-19-44-31-12-9-10-27-37(31)41(57)52(40(27)56)32-17-18-35(53)48-39(32)55/h6-7,9-13,15-16,24-25,32,44H,4-5,8,14,17-23H2,1-3H3,(H,48,53,55)(H2,45,46,47,49). The number of piperazine rings is 1. The highest BCUT2D eigenvalue weighted by Gasteiger charge is 2.45. The molecule has 4 aromatic rings.